The number of amides is 1. The predicted octanol–water partition coefficient (Wildman–Crippen LogP) is 1.94. The lowest BCUT2D eigenvalue weighted by molar-refractivity contribution is 0.152. The van der Waals surface area contributed by atoms with E-state index in [2.05, 4.69) is 15.5 Å². The molecule has 0 bridgehead atoms. The number of nitrogens with zero attached hydrogens (tertiary/aromatic N) is 2. The zero-order valence-corrected chi connectivity index (χ0v) is 9.43. The highest BCUT2D eigenvalue weighted by Crippen LogP contribution is 1.99. The number of ether oxygens (including phenoxy) is 1. The fraction of sp³-hybridized carbons (Fsp3) is 0.364. The first-order valence-electron chi connectivity index (χ1n) is 5.18. The zero-order valence-electron chi connectivity index (χ0n) is 9.43. The minimum absolute atomic E-state index is 0.326. The quantitative estimate of drug-likeness (QED) is 0.624. The van der Waals surface area contributed by atoms with Crippen LogP contribution >= 0.6 is 0 Å². The Morgan fingerprint density at radius 3 is 2.88 bits per heavy atom. The van der Waals surface area contributed by atoms with Gasteiger partial charge in [0, 0.05) is 6.20 Å². The number of nitrogens with one attached hydrogen (secondary N) is 1. The molecular weight excluding hydrogens is 206 g/mol. The fourth-order valence-corrected chi connectivity index (χ4v) is 1.13. The molecule has 5 heteroatoms. The van der Waals surface area contributed by atoms with Crippen molar-refractivity contribution in [1.82, 2.24) is 10.4 Å². The van der Waals surface area contributed by atoms with Crippen LogP contribution in [-0.2, 0) is 4.74 Å². The third kappa shape index (κ3) is 3.68. The summed E-state index contributed by atoms with van der Waals surface area (Å²) in [6, 6.07) is 5.54. The Balaban J connectivity index is 2.68. The molecule has 0 fully saturated rings. The van der Waals surface area contributed by atoms with E-state index in [1.807, 2.05) is 25.1 Å². The Morgan fingerprint density at radius 1 is 1.50 bits per heavy atom. The van der Waals surface area contributed by atoms with Crippen LogP contribution < -0.4 is 5.43 Å². The van der Waals surface area contributed by atoms with Crippen molar-refractivity contribution in [2.45, 2.75) is 20.3 Å². The van der Waals surface area contributed by atoms with E-state index in [-0.39, 0.29) is 0 Å². The van der Waals surface area contributed by atoms with Gasteiger partial charge in [-0.1, -0.05) is 13.0 Å². The van der Waals surface area contributed by atoms with Crippen molar-refractivity contribution in [3.05, 3.63) is 30.1 Å². The molecule has 0 atom stereocenters. The molecule has 16 heavy (non-hydrogen) atoms. The van der Waals surface area contributed by atoms with Crippen LogP contribution in [0.25, 0.3) is 0 Å². The molecule has 0 spiro atoms. The molecule has 1 heterocycles. The molecule has 86 valence electrons. The maximum atomic E-state index is 11.0. The number of hydrazone groups is 1. The highest BCUT2D eigenvalue weighted by molar-refractivity contribution is 5.99. The van der Waals surface area contributed by atoms with E-state index in [1.165, 1.54) is 0 Å². The van der Waals surface area contributed by atoms with Crippen LogP contribution in [0.1, 0.15) is 26.0 Å². The van der Waals surface area contributed by atoms with Crippen LogP contribution in [0.15, 0.2) is 29.5 Å². The number of pyridine rings is 1. The molecule has 0 aliphatic rings. The number of hydrogen-bond acceptors (Lipinski definition) is 4. The Kier molecular flexibility index (Phi) is 4.98. The molecular formula is C11H15N3O2. The largest absolute Gasteiger partial charge is 0.449 e. The number of carbonyl (C=O) groups excluding carboxylic acids is 1. The molecule has 0 aliphatic carbocycles. The van der Waals surface area contributed by atoms with Gasteiger partial charge in [0.15, 0.2) is 0 Å². The van der Waals surface area contributed by atoms with E-state index in [1.54, 1.807) is 13.1 Å². The fourth-order valence-electron chi connectivity index (χ4n) is 1.13. The van der Waals surface area contributed by atoms with E-state index in [9.17, 15) is 4.79 Å². The van der Waals surface area contributed by atoms with Crippen molar-refractivity contribution in [2.24, 2.45) is 5.10 Å². The van der Waals surface area contributed by atoms with Gasteiger partial charge in [0.2, 0.25) is 0 Å². The minimum Gasteiger partial charge on any atom is -0.449 e. The highest BCUT2D eigenvalue weighted by atomic mass is 16.5. The molecule has 1 N–H and O–H groups in total. The van der Waals surface area contributed by atoms with Crippen LogP contribution in [-0.4, -0.2) is 23.4 Å². The Bertz CT molecular complexity index is 363. The molecule has 5 nitrogen and oxygen atoms in total. The van der Waals surface area contributed by atoms with Gasteiger partial charge in [0.25, 0.3) is 0 Å². The summed E-state index contributed by atoms with van der Waals surface area (Å²) in [5, 5.41) is 3.96. The number of aromatic nitrogens is 1. The molecule has 0 saturated heterocycles. The van der Waals surface area contributed by atoms with Crippen LogP contribution in [0.4, 0.5) is 4.79 Å². The first kappa shape index (κ1) is 12.2. The van der Waals surface area contributed by atoms with Gasteiger partial charge in [-0.2, -0.15) is 5.10 Å². The van der Waals surface area contributed by atoms with Crippen molar-refractivity contribution in [3.8, 4) is 0 Å². The predicted molar refractivity (Wildman–Crippen MR) is 61.2 cm³/mol. The number of carbonyl (C=O) groups is 1. The van der Waals surface area contributed by atoms with Gasteiger partial charge >= 0.3 is 6.09 Å². The second-order valence-corrected chi connectivity index (χ2v) is 2.96. The molecule has 0 saturated carbocycles. The standard InChI is InChI=1S/C11H15N3O2/c1-3-9(10-7-5-6-8-12-10)13-14-11(15)16-4-2/h5-8H,3-4H2,1-2H3,(H,14,15). The molecule has 0 unspecified atom stereocenters. The lowest BCUT2D eigenvalue weighted by Gasteiger charge is -2.03. The SMILES string of the molecule is CCOC(=O)NN=C(CC)c1ccccn1. The second-order valence-electron chi connectivity index (χ2n) is 2.96. The third-order valence-corrected chi connectivity index (χ3v) is 1.85. The second kappa shape index (κ2) is 6.55. The zero-order chi connectivity index (χ0) is 11.8. The van der Waals surface area contributed by atoms with E-state index >= 15 is 0 Å². The van der Waals surface area contributed by atoms with Crippen molar-refractivity contribution in [2.75, 3.05) is 6.61 Å². The van der Waals surface area contributed by atoms with Crippen LogP contribution in [0, 0.1) is 0 Å². The Morgan fingerprint density at radius 2 is 2.31 bits per heavy atom. The van der Waals surface area contributed by atoms with Crippen molar-refractivity contribution in [3.63, 3.8) is 0 Å². The van der Waals surface area contributed by atoms with Crippen molar-refractivity contribution in [1.29, 1.82) is 0 Å². The summed E-state index contributed by atoms with van der Waals surface area (Å²) in [5.74, 6) is 0. The van der Waals surface area contributed by atoms with Gasteiger partial charge in [0.1, 0.15) is 0 Å². The van der Waals surface area contributed by atoms with Gasteiger partial charge in [-0.05, 0) is 25.5 Å². The van der Waals surface area contributed by atoms with Crippen molar-refractivity contribution >= 4 is 11.8 Å². The van der Waals surface area contributed by atoms with Gasteiger partial charge in [-0.3, -0.25) is 4.98 Å². The van der Waals surface area contributed by atoms with Gasteiger partial charge < -0.3 is 4.74 Å². The van der Waals surface area contributed by atoms with E-state index in [0.29, 0.717) is 18.7 Å². The summed E-state index contributed by atoms with van der Waals surface area (Å²) < 4.78 is 4.70. The lowest BCUT2D eigenvalue weighted by Crippen LogP contribution is -2.21. The molecule has 1 amide bonds. The lowest BCUT2D eigenvalue weighted by atomic mass is 10.2. The molecule has 1 rings (SSSR count). The summed E-state index contributed by atoms with van der Waals surface area (Å²) in [7, 11) is 0. The Labute approximate surface area is 94.5 Å². The van der Waals surface area contributed by atoms with E-state index < -0.39 is 6.09 Å². The Hall–Kier alpha value is -1.91. The molecule has 0 aliphatic heterocycles. The number of rotatable bonds is 4. The molecule has 1 aromatic rings. The maximum absolute atomic E-state index is 11.0. The molecule has 0 radical (unpaired) electrons. The topological polar surface area (TPSA) is 63.6 Å². The summed E-state index contributed by atoms with van der Waals surface area (Å²) in [5.41, 5.74) is 3.79. The van der Waals surface area contributed by atoms with Gasteiger partial charge in [0.05, 0.1) is 18.0 Å². The number of hydrogen-bond donors (Lipinski definition) is 1. The summed E-state index contributed by atoms with van der Waals surface area (Å²) >= 11 is 0. The highest BCUT2D eigenvalue weighted by Gasteiger charge is 2.03. The van der Waals surface area contributed by atoms with E-state index in [4.69, 9.17) is 4.74 Å². The average molecular weight is 221 g/mol. The van der Waals surface area contributed by atoms with Gasteiger partial charge in [-0.15, -0.1) is 0 Å². The van der Waals surface area contributed by atoms with Crippen LogP contribution in [0.2, 0.25) is 0 Å². The summed E-state index contributed by atoms with van der Waals surface area (Å²) in [6.45, 7) is 4.01. The first-order chi connectivity index (χ1) is 7.77. The average Bonchev–Trinajstić information content (AvgIpc) is 2.31. The van der Waals surface area contributed by atoms with E-state index in [0.717, 1.165) is 5.69 Å². The minimum atomic E-state index is -0.551. The molecule has 1 aromatic heterocycles. The first-order valence-corrected chi connectivity index (χ1v) is 5.18. The summed E-state index contributed by atoms with van der Waals surface area (Å²) in [4.78, 5) is 15.2. The van der Waals surface area contributed by atoms with Crippen LogP contribution in [0.5, 0.6) is 0 Å². The van der Waals surface area contributed by atoms with Crippen LogP contribution in [0.3, 0.4) is 0 Å². The maximum Gasteiger partial charge on any atom is 0.427 e. The monoisotopic (exact) mass is 221 g/mol. The smallest absolute Gasteiger partial charge is 0.427 e. The van der Waals surface area contributed by atoms with Crippen molar-refractivity contribution < 1.29 is 9.53 Å². The normalized spacial score (nSPS) is 11.0. The van der Waals surface area contributed by atoms with Gasteiger partial charge in [-0.25, -0.2) is 10.2 Å². The third-order valence-electron chi connectivity index (χ3n) is 1.85. The summed E-state index contributed by atoms with van der Waals surface area (Å²) in [6.07, 6.45) is 1.82. The molecule has 0 aromatic carbocycles.